The number of hydrogen-bond acceptors (Lipinski definition) is 2. The van der Waals surface area contributed by atoms with Crippen LogP contribution in [0.4, 0.5) is 0 Å². The highest BCUT2D eigenvalue weighted by molar-refractivity contribution is 6.43. The molecule has 0 unspecified atom stereocenters. The lowest BCUT2D eigenvalue weighted by molar-refractivity contribution is 0.0697. The maximum absolute atomic E-state index is 10.9. The van der Waals surface area contributed by atoms with Crippen molar-refractivity contribution in [3.05, 3.63) is 56.5 Å². The van der Waals surface area contributed by atoms with E-state index in [1.54, 1.807) is 13.0 Å². The average molecular weight is 332 g/mol. The fraction of sp³-hybridized carbons (Fsp3) is 0.0714. The lowest BCUT2D eigenvalue weighted by Gasteiger charge is -2.11. The van der Waals surface area contributed by atoms with Gasteiger partial charge in [-0.1, -0.05) is 34.8 Å². The molecule has 0 saturated heterocycles. The highest BCUT2D eigenvalue weighted by Gasteiger charge is 2.11. The van der Waals surface area contributed by atoms with E-state index in [0.29, 0.717) is 32.1 Å². The Bertz CT molecular complexity index is 684. The van der Waals surface area contributed by atoms with Crippen LogP contribution in [0.15, 0.2) is 30.3 Å². The smallest absolute Gasteiger partial charge is 0.335 e. The maximum atomic E-state index is 10.9. The molecule has 1 N–H and O–H groups in total. The van der Waals surface area contributed by atoms with Crippen LogP contribution in [0.1, 0.15) is 15.9 Å². The van der Waals surface area contributed by atoms with E-state index in [0.717, 1.165) is 0 Å². The van der Waals surface area contributed by atoms with E-state index < -0.39 is 5.97 Å². The van der Waals surface area contributed by atoms with Crippen molar-refractivity contribution in [1.82, 2.24) is 0 Å². The number of hydrogen-bond donors (Lipinski definition) is 1. The van der Waals surface area contributed by atoms with Gasteiger partial charge in [-0.05, 0) is 36.8 Å². The lowest BCUT2D eigenvalue weighted by atomic mass is 10.1. The topological polar surface area (TPSA) is 46.5 Å². The Labute approximate surface area is 130 Å². The second-order valence-electron chi connectivity index (χ2n) is 4.08. The van der Waals surface area contributed by atoms with Gasteiger partial charge in [-0.3, -0.25) is 0 Å². The summed E-state index contributed by atoms with van der Waals surface area (Å²) < 4.78 is 5.64. The summed E-state index contributed by atoms with van der Waals surface area (Å²) in [5, 5.41) is 9.89. The molecule has 3 nitrogen and oxygen atoms in total. The van der Waals surface area contributed by atoms with Gasteiger partial charge in [0.25, 0.3) is 0 Å². The molecule has 0 heterocycles. The van der Waals surface area contributed by atoms with Crippen molar-refractivity contribution in [2.75, 3.05) is 0 Å². The summed E-state index contributed by atoms with van der Waals surface area (Å²) in [5.41, 5.74) is 0.863. The molecule has 0 radical (unpaired) electrons. The van der Waals surface area contributed by atoms with Gasteiger partial charge in [0.1, 0.15) is 11.5 Å². The molecule has 2 aromatic rings. The minimum atomic E-state index is -0.993. The van der Waals surface area contributed by atoms with E-state index in [1.165, 1.54) is 24.3 Å². The third-order valence-electron chi connectivity index (χ3n) is 2.62. The van der Waals surface area contributed by atoms with E-state index in [4.69, 9.17) is 44.6 Å². The first-order chi connectivity index (χ1) is 9.38. The highest BCUT2D eigenvalue weighted by atomic mass is 35.5. The predicted octanol–water partition coefficient (Wildman–Crippen LogP) is 5.45. The molecular weight excluding hydrogens is 323 g/mol. The molecule has 0 atom stereocenters. The molecule has 0 aliphatic rings. The molecule has 104 valence electrons. The summed E-state index contributed by atoms with van der Waals surface area (Å²) in [6.07, 6.45) is 0. The SMILES string of the molecule is Cc1cc(C(=O)O)ccc1Oc1cc(Cl)c(Cl)cc1Cl. The average Bonchev–Trinajstić information content (AvgIpc) is 2.37. The molecule has 0 aliphatic heterocycles. The van der Waals surface area contributed by atoms with Gasteiger partial charge in [0.05, 0.1) is 20.6 Å². The van der Waals surface area contributed by atoms with Gasteiger partial charge < -0.3 is 9.84 Å². The van der Waals surface area contributed by atoms with Crippen LogP contribution in [0.2, 0.25) is 15.1 Å². The van der Waals surface area contributed by atoms with Crippen LogP contribution in [-0.2, 0) is 0 Å². The van der Waals surface area contributed by atoms with Crippen molar-refractivity contribution in [3.8, 4) is 11.5 Å². The first-order valence-corrected chi connectivity index (χ1v) is 6.68. The molecule has 0 fully saturated rings. The monoisotopic (exact) mass is 330 g/mol. The van der Waals surface area contributed by atoms with E-state index >= 15 is 0 Å². The summed E-state index contributed by atoms with van der Waals surface area (Å²) in [6.45, 7) is 1.74. The highest BCUT2D eigenvalue weighted by Crippen LogP contribution is 2.37. The minimum Gasteiger partial charge on any atom is -0.478 e. The molecule has 0 spiro atoms. The van der Waals surface area contributed by atoms with Crippen LogP contribution < -0.4 is 4.74 Å². The third kappa shape index (κ3) is 3.18. The van der Waals surface area contributed by atoms with Crippen molar-refractivity contribution in [2.45, 2.75) is 6.92 Å². The number of carboxylic acid groups (broad SMARTS) is 1. The van der Waals surface area contributed by atoms with Gasteiger partial charge in [-0.15, -0.1) is 0 Å². The number of rotatable bonds is 3. The lowest BCUT2D eigenvalue weighted by Crippen LogP contribution is -1.97. The van der Waals surface area contributed by atoms with Gasteiger partial charge in [0.2, 0.25) is 0 Å². The number of benzene rings is 2. The third-order valence-corrected chi connectivity index (χ3v) is 3.63. The molecular formula is C14H9Cl3O3. The van der Waals surface area contributed by atoms with E-state index in [1.807, 2.05) is 0 Å². The Balaban J connectivity index is 2.35. The molecule has 6 heteroatoms. The summed E-state index contributed by atoms with van der Waals surface area (Å²) >= 11 is 17.8. The molecule has 0 bridgehead atoms. The molecule has 2 rings (SSSR count). The number of aromatic carboxylic acids is 1. The summed E-state index contributed by atoms with van der Waals surface area (Å²) in [7, 11) is 0. The van der Waals surface area contributed by atoms with E-state index in [2.05, 4.69) is 0 Å². The quantitative estimate of drug-likeness (QED) is 0.761. The first-order valence-electron chi connectivity index (χ1n) is 5.55. The Morgan fingerprint density at radius 1 is 1.00 bits per heavy atom. The summed E-state index contributed by atoms with van der Waals surface area (Å²) in [5.74, 6) is -0.144. The van der Waals surface area contributed by atoms with E-state index in [-0.39, 0.29) is 5.56 Å². The molecule has 0 aromatic heterocycles. The molecule has 0 saturated carbocycles. The largest absolute Gasteiger partial charge is 0.478 e. The molecule has 0 aliphatic carbocycles. The van der Waals surface area contributed by atoms with Gasteiger partial charge in [-0.25, -0.2) is 4.79 Å². The van der Waals surface area contributed by atoms with Gasteiger partial charge in [0, 0.05) is 6.07 Å². The standard InChI is InChI=1S/C14H9Cl3O3/c1-7-4-8(14(18)19)2-3-12(7)20-13-6-10(16)9(15)5-11(13)17/h2-6H,1H3,(H,18,19). The second kappa shape index (κ2) is 5.92. The van der Waals surface area contributed by atoms with E-state index in [9.17, 15) is 4.79 Å². The first kappa shape index (κ1) is 15.0. The zero-order chi connectivity index (χ0) is 14.9. The summed E-state index contributed by atoms with van der Waals surface area (Å²) in [4.78, 5) is 10.9. The number of ether oxygens (including phenoxy) is 1. The second-order valence-corrected chi connectivity index (χ2v) is 5.31. The van der Waals surface area contributed by atoms with Gasteiger partial charge in [-0.2, -0.15) is 0 Å². The number of carboxylic acids is 1. The predicted molar refractivity (Wildman–Crippen MR) is 79.7 cm³/mol. The van der Waals surface area contributed by atoms with Crippen molar-refractivity contribution in [3.63, 3.8) is 0 Å². The van der Waals surface area contributed by atoms with Crippen LogP contribution in [0, 0.1) is 6.92 Å². The summed E-state index contributed by atoms with van der Waals surface area (Å²) in [6, 6.07) is 7.54. The van der Waals surface area contributed by atoms with Crippen LogP contribution in [-0.4, -0.2) is 11.1 Å². The van der Waals surface area contributed by atoms with Crippen molar-refractivity contribution >= 4 is 40.8 Å². The van der Waals surface area contributed by atoms with Crippen molar-refractivity contribution in [1.29, 1.82) is 0 Å². The van der Waals surface area contributed by atoms with Crippen LogP contribution in [0.3, 0.4) is 0 Å². The molecule has 2 aromatic carbocycles. The zero-order valence-electron chi connectivity index (χ0n) is 10.3. The van der Waals surface area contributed by atoms with Crippen LogP contribution >= 0.6 is 34.8 Å². The fourth-order valence-electron chi connectivity index (χ4n) is 1.60. The van der Waals surface area contributed by atoms with Crippen LogP contribution in [0.25, 0.3) is 0 Å². The Hall–Kier alpha value is -1.42. The number of halogens is 3. The fourth-order valence-corrected chi connectivity index (χ4v) is 2.17. The maximum Gasteiger partial charge on any atom is 0.335 e. The Morgan fingerprint density at radius 2 is 1.65 bits per heavy atom. The zero-order valence-corrected chi connectivity index (χ0v) is 12.6. The Kier molecular flexibility index (Phi) is 4.43. The van der Waals surface area contributed by atoms with Gasteiger partial charge in [0.15, 0.2) is 0 Å². The molecule has 20 heavy (non-hydrogen) atoms. The van der Waals surface area contributed by atoms with Crippen molar-refractivity contribution < 1.29 is 14.6 Å². The van der Waals surface area contributed by atoms with Crippen LogP contribution in [0.5, 0.6) is 11.5 Å². The normalized spacial score (nSPS) is 10.4. The Morgan fingerprint density at radius 3 is 2.25 bits per heavy atom. The van der Waals surface area contributed by atoms with Crippen molar-refractivity contribution in [2.24, 2.45) is 0 Å². The number of aryl methyl sites for hydroxylation is 1. The minimum absolute atomic E-state index is 0.190. The number of carbonyl (C=O) groups is 1. The van der Waals surface area contributed by atoms with Gasteiger partial charge >= 0.3 is 5.97 Å². The molecule has 0 amide bonds.